The van der Waals surface area contributed by atoms with Gasteiger partial charge in [-0.1, -0.05) is 5.92 Å². The monoisotopic (exact) mass is 194 g/mol. The van der Waals surface area contributed by atoms with Gasteiger partial charge in [0, 0.05) is 6.61 Å². The molecule has 0 aliphatic carbocycles. The molecular weight excluding hydrogens is 176 g/mol. The van der Waals surface area contributed by atoms with Gasteiger partial charge >= 0.3 is 0 Å². The van der Waals surface area contributed by atoms with Crippen molar-refractivity contribution in [3.63, 3.8) is 0 Å². The fourth-order valence-corrected chi connectivity index (χ4v) is 1.37. The molecule has 0 aromatic rings. The molecule has 1 aliphatic rings. The average molecular weight is 194 g/mol. The van der Waals surface area contributed by atoms with E-state index >= 15 is 0 Å². The summed E-state index contributed by atoms with van der Waals surface area (Å²) in [4.78, 5) is 0. The van der Waals surface area contributed by atoms with E-state index in [2.05, 4.69) is 11.8 Å². The first kappa shape index (κ1) is 11.3. The zero-order valence-corrected chi connectivity index (χ0v) is 9.01. The van der Waals surface area contributed by atoms with E-state index in [1.807, 2.05) is 19.9 Å². The van der Waals surface area contributed by atoms with E-state index in [1.165, 1.54) is 6.42 Å². The minimum absolute atomic E-state index is 0.00221. The van der Waals surface area contributed by atoms with Crippen LogP contribution >= 0.6 is 0 Å². The Morgan fingerprint density at radius 2 is 2.43 bits per heavy atom. The smallest absolute Gasteiger partial charge is 0.157 e. The van der Waals surface area contributed by atoms with Crippen LogP contribution in [0.1, 0.15) is 33.1 Å². The van der Waals surface area contributed by atoms with Crippen molar-refractivity contribution >= 4 is 0 Å². The molecule has 1 rings (SSSR count). The average Bonchev–Trinajstić information content (AvgIpc) is 2.20. The van der Waals surface area contributed by atoms with E-state index in [1.54, 1.807) is 0 Å². The van der Waals surface area contributed by atoms with Crippen molar-refractivity contribution in [1.82, 2.24) is 0 Å². The topological polar surface area (TPSA) is 18.5 Å². The maximum atomic E-state index is 5.53. The van der Waals surface area contributed by atoms with Crippen molar-refractivity contribution in [1.29, 1.82) is 0 Å². The van der Waals surface area contributed by atoms with Crippen LogP contribution in [0.4, 0.5) is 0 Å². The van der Waals surface area contributed by atoms with Gasteiger partial charge in [-0.15, -0.1) is 5.92 Å². The molecule has 0 saturated carbocycles. The zero-order valence-electron chi connectivity index (χ0n) is 9.01. The van der Waals surface area contributed by atoms with E-state index in [9.17, 15) is 0 Å². The van der Waals surface area contributed by atoms with Gasteiger partial charge in [0.15, 0.2) is 6.29 Å². The second kappa shape index (κ2) is 6.64. The lowest BCUT2D eigenvalue weighted by Gasteiger charge is -2.21. The van der Waals surface area contributed by atoms with Gasteiger partial charge in [-0.3, -0.25) is 0 Å². The maximum Gasteiger partial charge on any atom is 0.157 e. The number of hydrogen-bond donors (Lipinski definition) is 0. The first-order valence-electron chi connectivity index (χ1n) is 5.15. The van der Waals surface area contributed by atoms with E-state index in [0.29, 0.717) is 6.61 Å². The summed E-state index contributed by atoms with van der Waals surface area (Å²) in [5, 5.41) is 0. The SMILES string of the molecule is CC#C/C(C)=C/COC1CCCCO1. The molecule has 1 unspecified atom stereocenters. The molecule has 2 nitrogen and oxygen atoms in total. The molecule has 2 heteroatoms. The third kappa shape index (κ3) is 4.45. The normalized spacial score (nSPS) is 22.7. The molecule has 0 spiro atoms. The summed E-state index contributed by atoms with van der Waals surface area (Å²) in [6, 6.07) is 0. The van der Waals surface area contributed by atoms with E-state index in [0.717, 1.165) is 25.0 Å². The molecule has 1 aliphatic heterocycles. The molecule has 14 heavy (non-hydrogen) atoms. The maximum absolute atomic E-state index is 5.53. The highest BCUT2D eigenvalue weighted by atomic mass is 16.7. The fraction of sp³-hybridized carbons (Fsp3) is 0.667. The highest BCUT2D eigenvalue weighted by Crippen LogP contribution is 2.13. The van der Waals surface area contributed by atoms with Gasteiger partial charge in [-0.05, 0) is 44.8 Å². The van der Waals surface area contributed by atoms with Crippen molar-refractivity contribution in [3.8, 4) is 11.8 Å². The number of allylic oxidation sites excluding steroid dienone is 1. The largest absolute Gasteiger partial charge is 0.353 e. The molecule has 0 amide bonds. The van der Waals surface area contributed by atoms with Gasteiger partial charge < -0.3 is 9.47 Å². The highest BCUT2D eigenvalue weighted by Gasteiger charge is 2.12. The Kier molecular flexibility index (Phi) is 5.36. The summed E-state index contributed by atoms with van der Waals surface area (Å²) in [7, 11) is 0. The summed E-state index contributed by atoms with van der Waals surface area (Å²) in [6.07, 6.45) is 5.39. The van der Waals surface area contributed by atoms with Gasteiger partial charge in [0.25, 0.3) is 0 Å². The van der Waals surface area contributed by atoms with E-state index in [-0.39, 0.29) is 6.29 Å². The van der Waals surface area contributed by atoms with Crippen LogP contribution in [0.2, 0.25) is 0 Å². The van der Waals surface area contributed by atoms with Crippen LogP contribution in [0, 0.1) is 11.8 Å². The Labute approximate surface area is 86.3 Å². The molecular formula is C12H18O2. The molecule has 1 atom stereocenters. The van der Waals surface area contributed by atoms with Gasteiger partial charge in [-0.25, -0.2) is 0 Å². The standard InChI is InChI=1S/C12H18O2/c1-3-6-11(2)8-10-14-12-7-4-5-9-13-12/h8,12H,4-5,7,9-10H2,1-2H3/b11-8+. The minimum Gasteiger partial charge on any atom is -0.353 e. The fourth-order valence-electron chi connectivity index (χ4n) is 1.37. The third-order valence-corrected chi connectivity index (χ3v) is 2.13. The first-order chi connectivity index (χ1) is 6.83. The summed E-state index contributed by atoms with van der Waals surface area (Å²) in [6.45, 7) is 5.26. The zero-order chi connectivity index (χ0) is 10.2. The summed E-state index contributed by atoms with van der Waals surface area (Å²) >= 11 is 0. The number of ether oxygens (including phenoxy) is 2. The summed E-state index contributed by atoms with van der Waals surface area (Å²) in [5.41, 5.74) is 1.06. The third-order valence-electron chi connectivity index (χ3n) is 2.13. The predicted molar refractivity (Wildman–Crippen MR) is 56.8 cm³/mol. The number of rotatable bonds is 3. The van der Waals surface area contributed by atoms with Gasteiger partial charge in [0.1, 0.15) is 0 Å². The lowest BCUT2D eigenvalue weighted by atomic mass is 10.2. The molecule has 0 radical (unpaired) electrons. The molecule has 1 saturated heterocycles. The van der Waals surface area contributed by atoms with Crippen LogP contribution in [-0.4, -0.2) is 19.5 Å². The van der Waals surface area contributed by atoms with Crippen LogP contribution in [0.5, 0.6) is 0 Å². The minimum atomic E-state index is 0.00221. The lowest BCUT2D eigenvalue weighted by Crippen LogP contribution is -2.22. The van der Waals surface area contributed by atoms with Crippen molar-refractivity contribution < 1.29 is 9.47 Å². The Morgan fingerprint density at radius 1 is 1.57 bits per heavy atom. The van der Waals surface area contributed by atoms with Crippen LogP contribution in [0.15, 0.2) is 11.6 Å². The van der Waals surface area contributed by atoms with Crippen molar-refractivity contribution in [3.05, 3.63) is 11.6 Å². The van der Waals surface area contributed by atoms with E-state index < -0.39 is 0 Å². The highest BCUT2D eigenvalue weighted by molar-refractivity contribution is 5.25. The molecule has 1 heterocycles. The van der Waals surface area contributed by atoms with Crippen molar-refractivity contribution in [2.75, 3.05) is 13.2 Å². The quantitative estimate of drug-likeness (QED) is 0.643. The molecule has 0 aromatic heterocycles. The van der Waals surface area contributed by atoms with Crippen LogP contribution in [0.3, 0.4) is 0 Å². The van der Waals surface area contributed by atoms with Gasteiger partial charge in [-0.2, -0.15) is 0 Å². The number of hydrogen-bond acceptors (Lipinski definition) is 2. The Morgan fingerprint density at radius 3 is 3.07 bits per heavy atom. The first-order valence-corrected chi connectivity index (χ1v) is 5.15. The molecule has 0 aromatic carbocycles. The van der Waals surface area contributed by atoms with Crippen molar-refractivity contribution in [2.45, 2.75) is 39.4 Å². The van der Waals surface area contributed by atoms with Crippen LogP contribution in [0.25, 0.3) is 0 Å². The van der Waals surface area contributed by atoms with Crippen LogP contribution < -0.4 is 0 Å². The molecule has 0 N–H and O–H groups in total. The molecule has 1 fully saturated rings. The summed E-state index contributed by atoms with van der Waals surface area (Å²) < 4.78 is 11.0. The van der Waals surface area contributed by atoms with E-state index in [4.69, 9.17) is 9.47 Å². The molecule has 0 bridgehead atoms. The Bertz CT molecular complexity index is 239. The van der Waals surface area contributed by atoms with Crippen LogP contribution in [-0.2, 0) is 9.47 Å². The van der Waals surface area contributed by atoms with Crippen molar-refractivity contribution in [2.24, 2.45) is 0 Å². The summed E-state index contributed by atoms with van der Waals surface area (Å²) in [5.74, 6) is 5.82. The molecule has 78 valence electrons. The second-order valence-electron chi connectivity index (χ2n) is 3.39. The Hall–Kier alpha value is -0.780. The second-order valence-corrected chi connectivity index (χ2v) is 3.39. The van der Waals surface area contributed by atoms with Gasteiger partial charge in [0.2, 0.25) is 0 Å². The lowest BCUT2D eigenvalue weighted by molar-refractivity contribution is -0.155. The van der Waals surface area contributed by atoms with Gasteiger partial charge in [0.05, 0.1) is 6.61 Å². The predicted octanol–water partition coefficient (Wildman–Crippen LogP) is 2.50. The Balaban J connectivity index is 2.18.